The number of nitrogens with zero attached hydrogens (tertiary/aromatic N) is 1. The molecule has 0 atom stereocenters. The van der Waals surface area contributed by atoms with Gasteiger partial charge in [-0.3, -0.25) is 4.79 Å². The Morgan fingerprint density at radius 3 is 2.22 bits per heavy atom. The number of benzene rings is 3. The smallest absolute Gasteiger partial charge is 0.336 e. The topological polar surface area (TPSA) is 101 Å². The van der Waals surface area contributed by atoms with Gasteiger partial charge in [0.1, 0.15) is 11.5 Å². The molecule has 0 aliphatic heterocycles. The molecule has 1 heterocycles. The van der Waals surface area contributed by atoms with Crippen LogP contribution in [0.2, 0.25) is 0 Å². The maximum atomic E-state index is 13.2. The minimum absolute atomic E-state index is 0.228. The molecule has 0 unspecified atom stereocenters. The number of hydrazone groups is 1. The molecule has 0 radical (unpaired) electrons. The number of amides is 1. The highest BCUT2D eigenvalue weighted by Crippen LogP contribution is 2.30. The van der Waals surface area contributed by atoms with Gasteiger partial charge in [0.2, 0.25) is 0 Å². The van der Waals surface area contributed by atoms with Crippen LogP contribution in [0.25, 0.3) is 6.08 Å². The van der Waals surface area contributed by atoms with Gasteiger partial charge in [-0.2, -0.15) is 5.10 Å². The molecule has 1 aromatic heterocycles. The zero-order chi connectivity index (χ0) is 25.4. The van der Waals surface area contributed by atoms with Crippen molar-refractivity contribution < 1.29 is 23.8 Å². The average molecular weight is 545 g/mol. The summed E-state index contributed by atoms with van der Waals surface area (Å²) < 4.78 is 11.3. The van der Waals surface area contributed by atoms with E-state index in [-0.39, 0.29) is 5.75 Å². The Morgan fingerprint density at radius 1 is 0.944 bits per heavy atom. The van der Waals surface area contributed by atoms with E-state index in [1.165, 1.54) is 24.6 Å². The van der Waals surface area contributed by atoms with Crippen molar-refractivity contribution >= 4 is 40.1 Å². The minimum Gasteiger partial charge on any atom is -0.465 e. The Morgan fingerprint density at radius 2 is 1.61 bits per heavy atom. The standard InChI is InChI=1S/C28H21BrN2O5/c29-23-13-15-25(36-26(32)16-14-24-12-7-17-35-24)20(18-23)19-30-31-27(33)28(34,21-8-3-1-4-9-21)22-10-5-2-6-11-22/h1-19,34H,(H,31,33)/b16-14+,30-19+. The van der Waals surface area contributed by atoms with Gasteiger partial charge in [-0.15, -0.1) is 0 Å². The van der Waals surface area contributed by atoms with E-state index in [0.29, 0.717) is 26.9 Å². The number of carbonyl (C=O) groups excluding carboxylic acids is 2. The summed E-state index contributed by atoms with van der Waals surface area (Å²) in [6.45, 7) is 0. The van der Waals surface area contributed by atoms with E-state index in [0.717, 1.165) is 0 Å². The van der Waals surface area contributed by atoms with E-state index in [4.69, 9.17) is 9.15 Å². The Labute approximate surface area is 215 Å². The van der Waals surface area contributed by atoms with Crippen molar-refractivity contribution in [1.82, 2.24) is 5.43 Å². The molecule has 36 heavy (non-hydrogen) atoms. The lowest BCUT2D eigenvalue weighted by Gasteiger charge is -2.27. The molecule has 0 saturated heterocycles. The first-order valence-corrected chi connectivity index (χ1v) is 11.7. The predicted octanol–water partition coefficient (Wildman–Crippen LogP) is 5.05. The molecule has 1 amide bonds. The highest BCUT2D eigenvalue weighted by molar-refractivity contribution is 9.10. The first kappa shape index (κ1) is 24.8. The van der Waals surface area contributed by atoms with Gasteiger partial charge in [-0.25, -0.2) is 10.2 Å². The second-order valence-electron chi connectivity index (χ2n) is 7.59. The first-order valence-electron chi connectivity index (χ1n) is 10.9. The average Bonchev–Trinajstić information content (AvgIpc) is 3.43. The first-order chi connectivity index (χ1) is 17.5. The summed E-state index contributed by atoms with van der Waals surface area (Å²) in [5, 5.41) is 15.5. The largest absolute Gasteiger partial charge is 0.465 e. The molecule has 0 fully saturated rings. The van der Waals surface area contributed by atoms with Crippen LogP contribution in [0, 0.1) is 0 Å². The van der Waals surface area contributed by atoms with Crippen LogP contribution < -0.4 is 10.2 Å². The molecular weight excluding hydrogens is 524 g/mol. The number of aliphatic hydroxyl groups is 1. The van der Waals surface area contributed by atoms with Crippen LogP contribution in [-0.2, 0) is 15.2 Å². The van der Waals surface area contributed by atoms with Crippen LogP contribution in [-0.4, -0.2) is 23.2 Å². The molecule has 4 rings (SSSR count). The number of hydrogen-bond acceptors (Lipinski definition) is 6. The summed E-state index contributed by atoms with van der Waals surface area (Å²) in [5.41, 5.74) is 1.65. The molecule has 0 bridgehead atoms. The Bertz CT molecular complexity index is 1340. The van der Waals surface area contributed by atoms with Crippen molar-refractivity contribution in [2.45, 2.75) is 5.60 Å². The summed E-state index contributed by atoms with van der Waals surface area (Å²) in [6, 6.07) is 25.6. The van der Waals surface area contributed by atoms with Gasteiger partial charge in [-0.05, 0) is 47.5 Å². The number of esters is 1. The van der Waals surface area contributed by atoms with Crippen molar-refractivity contribution in [3.05, 3.63) is 130 Å². The molecule has 180 valence electrons. The summed E-state index contributed by atoms with van der Waals surface area (Å²) in [4.78, 5) is 25.5. The van der Waals surface area contributed by atoms with E-state index >= 15 is 0 Å². The third-order valence-electron chi connectivity index (χ3n) is 5.19. The van der Waals surface area contributed by atoms with Gasteiger partial charge in [-0.1, -0.05) is 76.6 Å². The molecule has 3 aromatic carbocycles. The van der Waals surface area contributed by atoms with Crippen LogP contribution >= 0.6 is 15.9 Å². The van der Waals surface area contributed by atoms with Crippen molar-refractivity contribution in [2.24, 2.45) is 5.10 Å². The van der Waals surface area contributed by atoms with Gasteiger partial charge in [0.25, 0.3) is 5.91 Å². The Balaban J connectivity index is 1.53. The summed E-state index contributed by atoms with van der Waals surface area (Å²) in [6.07, 6.45) is 5.56. The normalized spacial score (nSPS) is 11.6. The van der Waals surface area contributed by atoms with Crippen molar-refractivity contribution in [2.75, 3.05) is 0 Å². The molecule has 7 nitrogen and oxygen atoms in total. The zero-order valence-electron chi connectivity index (χ0n) is 18.9. The molecule has 0 spiro atoms. The van der Waals surface area contributed by atoms with Crippen molar-refractivity contribution in [3.8, 4) is 5.75 Å². The molecule has 4 aromatic rings. The SMILES string of the molecule is O=C(/C=C/c1ccco1)Oc1ccc(Br)cc1/C=N/NC(=O)C(O)(c1ccccc1)c1ccccc1. The van der Waals surface area contributed by atoms with Gasteiger partial charge < -0.3 is 14.3 Å². The van der Waals surface area contributed by atoms with E-state index < -0.39 is 17.5 Å². The fourth-order valence-corrected chi connectivity index (χ4v) is 3.80. The van der Waals surface area contributed by atoms with Crippen LogP contribution in [0.3, 0.4) is 0 Å². The minimum atomic E-state index is -1.97. The highest BCUT2D eigenvalue weighted by Gasteiger charge is 2.39. The number of rotatable bonds is 8. The zero-order valence-corrected chi connectivity index (χ0v) is 20.5. The fourth-order valence-electron chi connectivity index (χ4n) is 3.42. The fraction of sp³-hybridized carbons (Fsp3) is 0.0357. The lowest BCUT2D eigenvalue weighted by molar-refractivity contribution is -0.136. The van der Waals surface area contributed by atoms with Gasteiger partial charge in [0.15, 0.2) is 5.60 Å². The number of ether oxygens (including phenoxy) is 1. The molecular formula is C28H21BrN2O5. The second-order valence-corrected chi connectivity index (χ2v) is 8.51. The molecule has 0 aliphatic carbocycles. The maximum Gasteiger partial charge on any atom is 0.336 e. The second kappa shape index (κ2) is 11.4. The molecule has 0 saturated carbocycles. The Kier molecular flexibility index (Phi) is 7.89. The number of hydrogen-bond donors (Lipinski definition) is 2. The number of nitrogens with one attached hydrogen (secondary N) is 1. The quantitative estimate of drug-likeness (QED) is 0.106. The third-order valence-corrected chi connectivity index (χ3v) is 5.68. The van der Waals surface area contributed by atoms with E-state index in [2.05, 4.69) is 26.5 Å². The van der Waals surface area contributed by atoms with Crippen LogP contribution in [0.15, 0.2) is 117 Å². The van der Waals surface area contributed by atoms with Crippen LogP contribution in [0.4, 0.5) is 0 Å². The number of furan rings is 1. The van der Waals surface area contributed by atoms with Crippen molar-refractivity contribution in [3.63, 3.8) is 0 Å². The lowest BCUT2D eigenvalue weighted by Crippen LogP contribution is -2.43. The lowest BCUT2D eigenvalue weighted by atomic mass is 9.85. The van der Waals surface area contributed by atoms with E-state index in [9.17, 15) is 14.7 Å². The maximum absolute atomic E-state index is 13.2. The van der Waals surface area contributed by atoms with Crippen molar-refractivity contribution in [1.29, 1.82) is 0 Å². The third kappa shape index (κ3) is 5.86. The summed E-state index contributed by atoms with van der Waals surface area (Å²) in [7, 11) is 0. The molecule has 2 N–H and O–H groups in total. The number of halogens is 1. The van der Waals surface area contributed by atoms with Gasteiger partial charge in [0.05, 0.1) is 12.5 Å². The summed E-state index contributed by atoms with van der Waals surface area (Å²) >= 11 is 3.38. The summed E-state index contributed by atoms with van der Waals surface area (Å²) in [5.74, 6) is -0.621. The van der Waals surface area contributed by atoms with Gasteiger partial charge in [0, 0.05) is 16.1 Å². The van der Waals surface area contributed by atoms with Crippen LogP contribution in [0.1, 0.15) is 22.5 Å². The van der Waals surface area contributed by atoms with E-state index in [1.807, 2.05) is 0 Å². The number of carbonyl (C=O) groups is 2. The molecule has 0 aliphatic rings. The van der Waals surface area contributed by atoms with Crippen LogP contribution in [0.5, 0.6) is 5.75 Å². The Hall–Kier alpha value is -4.27. The highest BCUT2D eigenvalue weighted by atomic mass is 79.9. The predicted molar refractivity (Wildman–Crippen MR) is 139 cm³/mol. The van der Waals surface area contributed by atoms with Gasteiger partial charge >= 0.3 is 5.97 Å². The monoisotopic (exact) mass is 544 g/mol. The molecule has 8 heteroatoms. The van der Waals surface area contributed by atoms with E-state index in [1.54, 1.807) is 91.0 Å².